The maximum absolute atomic E-state index is 5.74. The van der Waals surface area contributed by atoms with Gasteiger partial charge in [0.25, 0.3) is 0 Å². The molecule has 2 aromatic heterocycles. The second-order valence-corrected chi connectivity index (χ2v) is 4.48. The first-order valence-electron chi connectivity index (χ1n) is 6.23. The summed E-state index contributed by atoms with van der Waals surface area (Å²) in [6, 6.07) is 9.50. The van der Waals surface area contributed by atoms with Crippen LogP contribution in [-0.4, -0.2) is 23.0 Å². The van der Waals surface area contributed by atoms with Crippen molar-refractivity contribution in [2.75, 3.05) is 7.05 Å². The van der Waals surface area contributed by atoms with Crippen molar-refractivity contribution < 1.29 is 0 Å². The third kappa shape index (κ3) is 4.51. The first kappa shape index (κ1) is 14.3. The quantitative estimate of drug-likeness (QED) is 0.513. The summed E-state index contributed by atoms with van der Waals surface area (Å²) in [5.74, 6) is 0.714. The van der Waals surface area contributed by atoms with E-state index in [4.69, 9.17) is 11.6 Å². The molecule has 0 saturated carbocycles. The van der Waals surface area contributed by atoms with Gasteiger partial charge in [0.1, 0.15) is 5.15 Å². The Morgan fingerprint density at radius 3 is 2.65 bits per heavy atom. The Labute approximate surface area is 123 Å². The van der Waals surface area contributed by atoms with Gasteiger partial charge in [-0.15, -0.1) is 0 Å². The molecular weight excluding hydrogens is 274 g/mol. The molecule has 0 fully saturated rings. The van der Waals surface area contributed by atoms with Crippen LogP contribution in [-0.2, 0) is 13.1 Å². The van der Waals surface area contributed by atoms with E-state index in [0.717, 1.165) is 11.3 Å². The van der Waals surface area contributed by atoms with Crippen molar-refractivity contribution in [3.8, 4) is 0 Å². The molecule has 5 nitrogen and oxygen atoms in total. The highest BCUT2D eigenvalue weighted by molar-refractivity contribution is 6.29. The van der Waals surface area contributed by atoms with E-state index < -0.39 is 0 Å². The van der Waals surface area contributed by atoms with Crippen molar-refractivity contribution in [3.05, 3.63) is 59.1 Å². The molecule has 0 aromatic carbocycles. The molecule has 2 aromatic rings. The van der Waals surface area contributed by atoms with Crippen LogP contribution in [0.3, 0.4) is 0 Å². The Morgan fingerprint density at radius 1 is 1.15 bits per heavy atom. The van der Waals surface area contributed by atoms with Gasteiger partial charge in [-0.25, -0.2) is 4.98 Å². The molecule has 2 heterocycles. The molecular formula is C14H16ClN5. The van der Waals surface area contributed by atoms with Gasteiger partial charge in [-0.3, -0.25) is 9.98 Å². The monoisotopic (exact) mass is 289 g/mol. The maximum atomic E-state index is 5.74. The minimum absolute atomic E-state index is 0.492. The van der Waals surface area contributed by atoms with Crippen molar-refractivity contribution in [3.63, 3.8) is 0 Å². The van der Waals surface area contributed by atoms with E-state index in [0.29, 0.717) is 24.2 Å². The molecule has 0 aliphatic carbocycles. The lowest BCUT2D eigenvalue weighted by atomic mass is 10.3. The van der Waals surface area contributed by atoms with Crippen molar-refractivity contribution in [2.45, 2.75) is 13.1 Å². The summed E-state index contributed by atoms with van der Waals surface area (Å²) in [5.41, 5.74) is 2.00. The van der Waals surface area contributed by atoms with Crippen LogP contribution in [0.5, 0.6) is 0 Å². The van der Waals surface area contributed by atoms with E-state index >= 15 is 0 Å². The molecule has 2 N–H and O–H groups in total. The lowest BCUT2D eigenvalue weighted by molar-refractivity contribution is 0.792. The molecule has 0 bridgehead atoms. The molecule has 0 aliphatic heterocycles. The highest BCUT2D eigenvalue weighted by Gasteiger charge is 2.00. The van der Waals surface area contributed by atoms with Gasteiger partial charge in [-0.2, -0.15) is 0 Å². The number of hydrogen-bond donors (Lipinski definition) is 2. The van der Waals surface area contributed by atoms with Gasteiger partial charge in [0.05, 0.1) is 12.2 Å². The van der Waals surface area contributed by atoms with E-state index in [2.05, 4.69) is 25.6 Å². The number of nitrogens with zero attached hydrogens (tertiary/aromatic N) is 3. The fourth-order valence-electron chi connectivity index (χ4n) is 1.59. The summed E-state index contributed by atoms with van der Waals surface area (Å²) in [4.78, 5) is 12.4. The summed E-state index contributed by atoms with van der Waals surface area (Å²) >= 11 is 5.74. The maximum Gasteiger partial charge on any atom is 0.191 e. The van der Waals surface area contributed by atoms with E-state index in [-0.39, 0.29) is 0 Å². The van der Waals surface area contributed by atoms with E-state index in [1.165, 1.54) is 0 Å². The molecule has 104 valence electrons. The molecule has 6 heteroatoms. The van der Waals surface area contributed by atoms with Crippen LogP contribution in [0.4, 0.5) is 0 Å². The van der Waals surface area contributed by atoms with Crippen LogP contribution in [0.25, 0.3) is 0 Å². The topological polar surface area (TPSA) is 62.2 Å². The summed E-state index contributed by atoms with van der Waals surface area (Å²) in [5, 5.41) is 6.89. The second-order valence-electron chi connectivity index (χ2n) is 4.09. The molecule has 2 rings (SSSR count). The van der Waals surface area contributed by atoms with Crippen LogP contribution in [0, 0.1) is 0 Å². The van der Waals surface area contributed by atoms with Crippen molar-refractivity contribution in [1.82, 2.24) is 20.6 Å². The van der Waals surface area contributed by atoms with Crippen LogP contribution in [0.15, 0.2) is 47.7 Å². The van der Waals surface area contributed by atoms with Crippen LogP contribution >= 0.6 is 11.6 Å². The summed E-state index contributed by atoms with van der Waals surface area (Å²) in [6.07, 6.45) is 3.51. The highest BCUT2D eigenvalue weighted by atomic mass is 35.5. The first-order valence-corrected chi connectivity index (χ1v) is 6.60. The number of guanidine groups is 1. The third-order valence-electron chi connectivity index (χ3n) is 2.64. The zero-order valence-electron chi connectivity index (χ0n) is 11.2. The van der Waals surface area contributed by atoms with Gasteiger partial charge in [-0.1, -0.05) is 23.7 Å². The van der Waals surface area contributed by atoms with Gasteiger partial charge in [0.15, 0.2) is 5.96 Å². The smallest absolute Gasteiger partial charge is 0.191 e. The fraction of sp³-hybridized carbons (Fsp3) is 0.214. The predicted molar refractivity (Wildman–Crippen MR) is 80.5 cm³/mol. The number of aliphatic imine (C=N–C) groups is 1. The molecule has 0 saturated heterocycles. The Kier molecular flexibility index (Phi) is 5.32. The minimum Gasteiger partial charge on any atom is -0.352 e. The minimum atomic E-state index is 0.492. The van der Waals surface area contributed by atoms with Crippen LogP contribution in [0.1, 0.15) is 11.3 Å². The zero-order valence-corrected chi connectivity index (χ0v) is 11.9. The van der Waals surface area contributed by atoms with Gasteiger partial charge in [-0.05, 0) is 23.8 Å². The number of aromatic nitrogens is 2. The lowest BCUT2D eigenvalue weighted by Gasteiger charge is -2.11. The number of hydrogen-bond acceptors (Lipinski definition) is 3. The van der Waals surface area contributed by atoms with Gasteiger partial charge >= 0.3 is 0 Å². The Bertz CT molecular complexity index is 554. The predicted octanol–water partition coefficient (Wildman–Crippen LogP) is 2.00. The fourth-order valence-corrected chi connectivity index (χ4v) is 1.71. The third-order valence-corrected chi connectivity index (χ3v) is 2.86. The summed E-state index contributed by atoms with van der Waals surface area (Å²) in [7, 11) is 1.73. The second kappa shape index (κ2) is 7.45. The van der Waals surface area contributed by atoms with E-state index in [9.17, 15) is 0 Å². The van der Waals surface area contributed by atoms with Gasteiger partial charge in [0, 0.05) is 26.0 Å². The number of nitrogens with one attached hydrogen (secondary N) is 2. The average Bonchev–Trinajstić information content (AvgIpc) is 2.50. The van der Waals surface area contributed by atoms with E-state index in [1.807, 2.05) is 24.3 Å². The molecule has 0 radical (unpaired) electrons. The average molecular weight is 290 g/mol. The Hall–Kier alpha value is -2.14. The normalized spacial score (nSPS) is 11.2. The van der Waals surface area contributed by atoms with Crippen LogP contribution < -0.4 is 10.6 Å². The van der Waals surface area contributed by atoms with Crippen molar-refractivity contribution >= 4 is 17.6 Å². The van der Waals surface area contributed by atoms with Crippen molar-refractivity contribution in [2.24, 2.45) is 4.99 Å². The molecule has 0 amide bonds. The molecule has 20 heavy (non-hydrogen) atoms. The Balaban J connectivity index is 1.82. The molecule has 0 spiro atoms. The number of halogens is 1. The zero-order chi connectivity index (χ0) is 14.2. The van der Waals surface area contributed by atoms with Crippen molar-refractivity contribution in [1.29, 1.82) is 0 Å². The summed E-state index contributed by atoms with van der Waals surface area (Å²) < 4.78 is 0. The van der Waals surface area contributed by atoms with E-state index in [1.54, 1.807) is 25.5 Å². The standard InChI is InChI=1S/C14H16ClN5/c1-16-14(20-10-12-4-2-3-7-17-12)19-9-11-5-6-13(15)18-8-11/h2-8H,9-10H2,1H3,(H2,16,19,20). The number of pyridine rings is 2. The first-order chi connectivity index (χ1) is 9.78. The molecule has 0 unspecified atom stereocenters. The molecule has 0 aliphatic rings. The largest absolute Gasteiger partial charge is 0.352 e. The van der Waals surface area contributed by atoms with Gasteiger partial charge < -0.3 is 10.6 Å². The Morgan fingerprint density at radius 2 is 2.00 bits per heavy atom. The van der Waals surface area contributed by atoms with Crippen LogP contribution in [0.2, 0.25) is 5.15 Å². The highest BCUT2D eigenvalue weighted by Crippen LogP contribution is 2.04. The number of rotatable bonds is 4. The van der Waals surface area contributed by atoms with Gasteiger partial charge in [0.2, 0.25) is 0 Å². The SMILES string of the molecule is CN=C(NCc1ccc(Cl)nc1)NCc1ccccn1. The summed E-state index contributed by atoms with van der Waals surface area (Å²) in [6.45, 7) is 1.26. The lowest BCUT2D eigenvalue weighted by Crippen LogP contribution is -2.36. The molecule has 0 atom stereocenters.